The zero-order valence-electron chi connectivity index (χ0n) is 12.3. The summed E-state index contributed by atoms with van der Waals surface area (Å²) in [6.07, 6.45) is 5.81. The molecule has 1 saturated heterocycles. The lowest BCUT2D eigenvalue weighted by Gasteiger charge is -2.19. The predicted molar refractivity (Wildman–Crippen MR) is 81.4 cm³/mol. The number of hydrogen-bond donors (Lipinski definition) is 1. The minimum atomic E-state index is -3.51. The van der Waals surface area contributed by atoms with Gasteiger partial charge in [0, 0.05) is 6.26 Å². The maximum Gasteiger partial charge on any atom is 0.238 e. The molecule has 2 amide bonds. The third-order valence-electron chi connectivity index (χ3n) is 5.09. The van der Waals surface area contributed by atoms with Crippen molar-refractivity contribution >= 4 is 27.3 Å². The van der Waals surface area contributed by atoms with Gasteiger partial charge in [0.1, 0.15) is 5.75 Å². The van der Waals surface area contributed by atoms with E-state index in [1.807, 2.05) is 12.2 Å². The number of rotatable bonds is 2. The minimum Gasteiger partial charge on any atom is -0.506 e. The Kier molecular flexibility index (Phi) is 2.79. The average molecular weight is 333 g/mol. The maximum atomic E-state index is 12.7. The van der Waals surface area contributed by atoms with Crippen molar-refractivity contribution in [3.8, 4) is 5.75 Å². The van der Waals surface area contributed by atoms with Gasteiger partial charge >= 0.3 is 0 Å². The van der Waals surface area contributed by atoms with Crippen LogP contribution in [-0.4, -0.2) is 31.6 Å². The molecule has 1 aromatic rings. The van der Waals surface area contributed by atoms with E-state index in [4.69, 9.17) is 0 Å². The standard InChI is InChI=1S/C16H15NO5S/c1-23(21,22)10-4-5-12(18)11(7-10)17-15(19)13-8-2-3-9(6-8)14(13)16(17)20/h2-5,7-9,13-14,18H,6H2,1H3/t8-,9+,13-,14+. The molecule has 1 heterocycles. The summed E-state index contributed by atoms with van der Waals surface area (Å²) in [6.45, 7) is 0. The average Bonchev–Trinajstić information content (AvgIpc) is 3.13. The Labute approximate surface area is 133 Å². The highest BCUT2D eigenvalue weighted by atomic mass is 32.2. The van der Waals surface area contributed by atoms with Gasteiger partial charge in [0.05, 0.1) is 22.4 Å². The number of nitrogens with zero attached hydrogens (tertiary/aromatic N) is 1. The third kappa shape index (κ3) is 1.89. The van der Waals surface area contributed by atoms with E-state index in [0.717, 1.165) is 17.6 Å². The first kappa shape index (κ1) is 14.4. The van der Waals surface area contributed by atoms with Crippen molar-refractivity contribution in [1.29, 1.82) is 0 Å². The molecule has 4 rings (SSSR count). The molecule has 7 heteroatoms. The van der Waals surface area contributed by atoms with Gasteiger partial charge in [-0.3, -0.25) is 9.59 Å². The Morgan fingerprint density at radius 1 is 1.09 bits per heavy atom. The van der Waals surface area contributed by atoms with Gasteiger partial charge < -0.3 is 5.11 Å². The summed E-state index contributed by atoms with van der Waals surface area (Å²) in [5.74, 6) is -1.63. The number of fused-ring (bicyclic) bond motifs is 5. The van der Waals surface area contributed by atoms with Crippen molar-refractivity contribution in [3.05, 3.63) is 30.4 Å². The van der Waals surface area contributed by atoms with Gasteiger partial charge in [0.2, 0.25) is 11.8 Å². The summed E-state index contributed by atoms with van der Waals surface area (Å²) < 4.78 is 23.4. The molecule has 0 aromatic heterocycles. The summed E-state index contributed by atoms with van der Waals surface area (Å²) in [5.41, 5.74) is -0.0447. The topological polar surface area (TPSA) is 91.8 Å². The number of imide groups is 1. The highest BCUT2D eigenvalue weighted by Gasteiger charge is 2.59. The number of sulfone groups is 1. The Bertz CT molecular complexity index is 842. The Morgan fingerprint density at radius 2 is 1.65 bits per heavy atom. The number of anilines is 1. The molecule has 120 valence electrons. The lowest BCUT2D eigenvalue weighted by molar-refractivity contribution is -0.123. The predicted octanol–water partition coefficient (Wildman–Crippen LogP) is 1.11. The zero-order chi connectivity index (χ0) is 16.5. The molecule has 2 fully saturated rings. The summed E-state index contributed by atoms with van der Waals surface area (Å²) >= 11 is 0. The van der Waals surface area contributed by atoms with Gasteiger partial charge in [0.15, 0.2) is 9.84 Å². The van der Waals surface area contributed by atoms with Crippen LogP contribution in [-0.2, 0) is 19.4 Å². The molecule has 23 heavy (non-hydrogen) atoms. The van der Waals surface area contributed by atoms with Crippen molar-refractivity contribution in [1.82, 2.24) is 0 Å². The first-order valence-electron chi connectivity index (χ1n) is 7.38. The molecule has 0 unspecified atom stereocenters. The molecule has 1 aliphatic heterocycles. The molecule has 1 N–H and O–H groups in total. The maximum absolute atomic E-state index is 12.7. The Balaban J connectivity index is 1.81. The van der Waals surface area contributed by atoms with E-state index >= 15 is 0 Å². The summed E-state index contributed by atoms with van der Waals surface area (Å²) in [7, 11) is -3.51. The number of carbonyl (C=O) groups excluding carboxylic acids is 2. The van der Waals surface area contributed by atoms with Crippen LogP contribution < -0.4 is 4.90 Å². The lowest BCUT2D eigenvalue weighted by Crippen LogP contribution is -2.33. The quantitative estimate of drug-likeness (QED) is 0.646. The Morgan fingerprint density at radius 3 is 2.17 bits per heavy atom. The van der Waals surface area contributed by atoms with Crippen LogP contribution in [0.4, 0.5) is 5.69 Å². The van der Waals surface area contributed by atoms with Gasteiger partial charge in [-0.1, -0.05) is 12.2 Å². The molecule has 3 aliphatic rings. The molecular formula is C16H15NO5S. The smallest absolute Gasteiger partial charge is 0.238 e. The van der Waals surface area contributed by atoms with Crippen molar-refractivity contribution in [3.63, 3.8) is 0 Å². The van der Waals surface area contributed by atoms with E-state index < -0.39 is 21.7 Å². The largest absolute Gasteiger partial charge is 0.506 e. The number of benzene rings is 1. The van der Waals surface area contributed by atoms with E-state index in [2.05, 4.69) is 0 Å². The van der Waals surface area contributed by atoms with Crippen LogP contribution in [0, 0.1) is 23.7 Å². The molecule has 2 aliphatic carbocycles. The van der Waals surface area contributed by atoms with Crippen LogP contribution in [0.25, 0.3) is 0 Å². The van der Waals surface area contributed by atoms with Gasteiger partial charge in [-0.15, -0.1) is 0 Å². The van der Waals surface area contributed by atoms with Crippen LogP contribution in [0.2, 0.25) is 0 Å². The highest BCUT2D eigenvalue weighted by Crippen LogP contribution is 2.53. The van der Waals surface area contributed by atoms with Crippen LogP contribution in [0.1, 0.15) is 6.42 Å². The fourth-order valence-corrected chi connectivity index (χ4v) is 4.69. The second kappa shape index (κ2) is 4.44. The van der Waals surface area contributed by atoms with Crippen molar-refractivity contribution in [2.45, 2.75) is 11.3 Å². The van der Waals surface area contributed by atoms with Gasteiger partial charge in [-0.05, 0) is 36.5 Å². The molecule has 1 aromatic carbocycles. The fourth-order valence-electron chi connectivity index (χ4n) is 4.05. The number of carbonyl (C=O) groups is 2. The Hall–Kier alpha value is -2.15. The van der Waals surface area contributed by atoms with Crippen LogP contribution in [0.15, 0.2) is 35.2 Å². The highest BCUT2D eigenvalue weighted by molar-refractivity contribution is 7.90. The third-order valence-corrected chi connectivity index (χ3v) is 6.20. The summed E-state index contributed by atoms with van der Waals surface area (Å²) in [6, 6.07) is 3.65. The van der Waals surface area contributed by atoms with Crippen molar-refractivity contribution < 1.29 is 23.1 Å². The molecule has 6 nitrogen and oxygen atoms in total. The second-order valence-corrected chi connectivity index (χ2v) is 8.45. The molecule has 0 spiro atoms. The fraction of sp³-hybridized carbons (Fsp3) is 0.375. The SMILES string of the molecule is CS(=O)(=O)c1ccc(O)c(N2C(=O)[C@@H]3[C@H](C2=O)[C@@H]2C=C[C@H]3C2)c1. The van der Waals surface area contributed by atoms with Crippen LogP contribution >= 0.6 is 0 Å². The van der Waals surface area contributed by atoms with Gasteiger partial charge in [-0.25, -0.2) is 13.3 Å². The van der Waals surface area contributed by atoms with Gasteiger partial charge in [0.25, 0.3) is 0 Å². The molecule has 4 atom stereocenters. The monoisotopic (exact) mass is 333 g/mol. The lowest BCUT2D eigenvalue weighted by atomic mass is 9.85. The molecule has 1 saturated carbocycles. The summed E-state index contributed by atoms with van der Waals surface area (Å²) in [4.78, 5) is 26.3. The number of aromatic hydroxyl groups is 1. The number of hydrogen-bond acceptors (Lipinski definition) is 5. The number of amides is 2. The van der Waals surface area contributed by atoms with Crippen LogP contribution in [0.5, 0.6) is 5.75 Å². The van der Waals surface area contributed by atoms with Crippen LogP contribution in [0.3, 0.4) is 0 Å². The van der Waals surface area contributed by atoms with E-state index in [9.17, 15) is 23.1 Å². The van der Waals surface area contributed by atoms with E-state index in [1.54, 1.807) is 0 Å². The van der Waals surface area contributed by atoms with Gasteiger partial charge in [-0.2, -0.15) is 0 Å². The molecule has 0 radical (unpaired) electrons. The number of phenolic OH excluding ortho intramolecular Hbond substituents is 1. The van der Waals surface area contributed by atoms with Crippen molar-refractivity contribution in [2.24, 2.45) is 23.7 Å². The number of phenols is 1. The molecule has 2 bridgehead atoms. The normalized spacial score (nSPS) is 32.0. The first-order chi connectivity index (χ1) is 10.8. The number of allylic oxidation sites excluding steroid dienone is 2. The molecular weight excluding hydrogens is 318 g/mol. The van der Waals surface area contributed by atoms with E-state index in [1.165, 1.54) is 18.2 Å². The van der Waals surface area contributed by atoms with E-state index in [0.29, 0.717) is 0 Å². The summed E-state index contributed by atoms with van der Waals surface area (Å²) in [5, 5.41) is 10.1. The zero-order valence-corrected chi connectivity index (χ0v) is 13.2. The minimum absolute atomic E-state index is 0.0379. The van der Waals surface area contributed by atoms with E-state index in [-0.39, 0.29) is 40.0 Å². The second-order valence-electron chi connectivity index (χ2n) is 6.43. The first-order valence-corrected chi connectivity index (χ1v) is 9.27. The van der Waals surface area contributed by atoms with Crippen molar-refractivity contribution in [2.75, 3.05) is 11.2 Å².